The lowest BCUT2D eigenvalue weighted by Crippen LogP contribution is -2.30. The van der Waals surface area contributed by atoms with Crippen LogP contribution in [0.3, 0.4) is 0 Å². The molecule has 4 nitrogen and oxygen atoms in total. The van der Waals surface area contributed by atoms with E-state index in [4.69, 9.17) is 5.11 Å². The number of aliphatic carboxylic acids is 1. The fourth-order valence-corrected chi connectivity index (χ4v) is 1.37. The quantitative estimate of drug-likeness (QED) is 0.754. The smallest absolute Gasteiger partial charge is 0.394 e. The first-order chi connectivity index (χ1) is 7.63. The zero-order valence-corrected chi connectivity index (χ0v) is 9.19. The molecule has 0 aliphatic heterocycles. The van der Waals surface area contributed by atoms with E-state index in [1.807, 2.05) is 24.3 Å². The van der Waals surface area contributed by atoms with Crippen LogP contribution >= 0.6 is 0 Å². The van der Waals surface area contributed by atoms with E-state index in [0.29, 0.717) is 0 Å². The van der Waals surface area contributed by atoms with Crippen LogP contribution in [0.2, 0.25) is 0 Å². The lowest BCUT2D eigenvalue weighted by atomic mass is 10.1. The number of carbonyl (C=O) groups is 2. The molecule has 2 N–H and O–H groups in total. The second-order valence-electron chi connectivity index (χ2n) is 3.55. The summed E-state index contributed by atoms with van der Waals surface area (Å²) >= 11 is 0. The molecule has 0 spiro atoms. The average Bonchev–Trinajstić information content (AvgIpc) is 2.28. The number of hydrogen-bond donors (Lipinski definition) is 2. The minimum atomic E-state index is -1.46. The summed E-state index contributed by atoms with van der Waals surface area (Å²) in [4.78, 5) is 21.0. The van der Waals surface area contributed by atoms with Crippen molar-refractivity contribution in [2.24, 2.45) is 0 Å². The third-order valence-corrected chi connectivity index (χ3v) is 2.21. The number of amides is 1. The van der Waals surface area contributed by atoms with Crippen molar-refractivity contribution >= 4 is 11.9 Å². The molecule has 0 aliphatic rings. The van der Waals surface area contributed by atoms with Gasteiger partial charge in [0.05, 0.1) is 0 Å². The summed E-state index contributed by atoms with van der Waals surface area (Å²) in [6.45, 7) is 2.36. The average molecular weight is 221 g/mol. The molecule has 0 atom stereocenters. The van der Waals surface area contributed by atoms with E-state index in [2.05, 4.69) is 12.2 Å². The van der Waals surface area contributed by atoms with Crippen LogP contribution < -0.4 is 5.32 Å². The predicted molar refractivity (Wildman–Crippen MR) is 59.9 cm³/mol. The van der Waals surface area contributed by atoms with Crippen molar-refractivity contribution in [1.29, 1.82) is 0 Å². The molecule has 1 amide bonds. The van der Waals surface area contributed by atoms with Crippen LogP contribution in [-0.4, -0.2) is 17.0 Å². The Morgan fingerprint density at radius 2 is 1.75 bits per heavy atom. The highest BCUT2D eigenvalue weighted by atomic mass is 16.4. The summed E-state index contributed by atoms with van der Waals surface area (Å²) in [6, 6.07) is 7.78. The van der Waals surface area contributed by atoms with Crippen molar-refractivity contribution in [2.45, 2.75) is 26.3 Å². The number of carboxylic acid groups (broad SMARTS) is 1. The molecule has 0 radical (unpaired) electrons. The molecule has 1 rings (SSSR count). The minimum absolute atomic E-state index is 0.248. The molecule has 0 bridgehead atoms. The first-order valence-corrected chi connectivity index (χ1v) is 5.22. The molecule has 86 valence electrons. The van der Waals surface area contributed by atoms with Crippen molar-refractivity contribution in [3.8, 4) is 0 Å². The number of carboxylic acids is 1. The van der Waals surface area contributed by atoms with Gasteiger partial charge in [-0.1, -0.05) is 37.6 Å². The molecule has 0 aromatic heterocycles. The Labute approximate surface area is 94.3 Å². The van der Waals surface area contributed by atoms with Gasteiger partial charge in [-0.25, -0.2) is 4.79 Å². The standard InChI is InChI=1S/C12H15NO3/c1-2-3-9-4-6-10(7-5-9)8-13-11(14)12(15)16/h4-7H,2-3,8H2,1H3,(H,13,14)(H,15,16). The summed E-state index contributed by atoms with van der Waals surface area (Å²) in [5.41, 5.74) is 2.14. The zero-order valence-electron chi connectivity index (χ0n) is 9.19. The molecule has 0 saturated carbocycles. The second kappa shape index (κ2) is 5.90. The molecule has 0 aliphatic carbocycles. The molecule has 16 heavy (non-hydrogen) atoms. The van der Waals surface area contributed by atoms with Crippen LogP contribution in [0.25, 0.3) is 0 Å². The normalized spacial score (nSPS) is 9.81. The van der Waals surface area contributed by atoms with Crippen molar-refractivity contribution < 1.29 is 14.7 Å². The highest BCUT2D eigenvalue weighted by Crippen LogP contribution is 2.06. The summed E-state index contributed by atoms with van der Waals surface area (Å²) in [7, 11) is 0. The van der Waals surface area contributed by atoms with Gasteiger partial charge in [0.1, 0.15) is 0 Å². The fourth-order valence-electron chi connectivity index (χ4n) is 1.37. The highest BCUT2D eigenvalue weighted by Gasteiger charge is 2.09. The topological polar surface area (TPSA) is 66.4 Å². The van der Waals surface area contributed by atoms with E-state index in [0.717, 1.165) is 18.4 Å². The third kappa shape index (κ3) is 3.73. The summed E-state index contributed by atoms with van der Waals surface area (Å²) < 4.78 is 0. The van der Waals surface area contributed by atoms with E-state index in [1.165, 1.54) is 5.56 Å². The van der Waals surface area contributed by atoms with E-state index < -0.39 is 11.9 Å². The molecule has 4 heteroatoms. The molecule has 1 aromatic rings. The van der Waals surface area contributed by atoms with Crippen LogP contribution in [0.15, 0.2) is 24.3 Å². The SMILES string of the molecule is CCCc1ccc(CNC(=O)C(=O)O)cc1. The maximum Gasteiger partial charge on any atom is 0.394 e. The van der Waals surface area contributed by atoms with Crippen molar-refractivity contribution in [1.82, 2.24) is 5.32 Å². The van der Waals surface area contributed by atoms with E-state index in [9.17, 15) is 9.59 Å². The summed E-state index contributed by atoms with van der Waals surface area (Å²) in [5, 5.41) is 10.7. The lowest BCUT2D eigenvalue weighted by Gasteiger charge is -2.04. The Morgan fingerprint density at radius 1 is 1.19 bits per heavy atom. The van der Waals surface area contributed by atoms with Gasteiger partial charge in [0.15, 0.2) is 0 Å². The molecule has 0 fully saturated rings. The van der Waals surface area contributed by atoms with Crippen molar-refractivity contribution in [3.63, 3.8) is 0 Å². The van der Waals surface area contributed by atoms with Crippen LogP contribution in [0.4, 0.5) is 0 Å². The molecule has 0 heterocycles. The monoisotopic (exact) mass is 221 g/mol. The molecular formula is C12H15NO3. The maximum absolute atomic E-state index is 10.8. The van der Waals surface area contributed by atoms with Crippen LogP contribution in [0, 0.1) is 0 Å². The van der Waals surface area contributed by atoms with Gasteiger partial charge >= 0.3 is 11.9 Å². The fraction of sp³-hybridized carbons (Fsp3) is 0.333. The van der Waals surface area contributed by atoms with E-state index in [1.54, 1.807) is 0 Å². The first-order valence-electron chi connectivity index (χ1n) is 5.22. The molecule has 0 unspecified atom stereocenters. The number of hydrogen-bond acceptors (Lipinski definition) is 2. The van der Waals surface area contributed by atoms with E-state index >= 15 is 0 Å². The number of nitrogens with one attached hydrogen (secondary N) is 1. The Balaban J connectivity index is 2.49. The van der Waals surface area contributed by atoms with Crippen LogP contribution in [-0.2, 0) is 22.6 Å². The number of benzene rings is 1. The first kappa shape index (κ1) is 12.2. The van der Waals surface area contributed by atoms with Gasteiger partial charge in [0, 0.05) is 6.54 Å². The zero-order chi connectivity index (χ0) is 12.0. The number of carbonyl (C=O) groups excluding carboxylic acids is 1. The molecule has 0 saturated heterocycles. The van der Waals surface area contributed by atoms with Crippen molar-refractivity contribution in [3.05, 3.63) is 35.4 Å². The number of aryl methyl sites for hydroxylation is 1. The van der Waals surface area contributed by atoms with Crippen LogP contribution in [0.1, 0.15) is 24.5 Å². The summed E-state index contributed by atoms with van der Waals surface area (Å²) in [6.07, 6.45) is 2.12. The van der Waals surface area contributed by atoms with E-state index in [-0.39, 0.29) is 6.54 Å². The van der Waals surface area contributed by atoms with Crippen LogP contribution in [0.5, 0.6) is 0 Å². The largest absolute Gasteiger partial charge is 0.474 e. The van der Waals surface area contributed by atoms with Gasteiger partial charge in [-0.3, -0.25) is 4.79 Å². The predicted octanol–water partition coefficient (Wildman–Crippen LogP) is 1.34. The van der Waals surface area contributed by atoms with Gasteiger partial charge in [0.2, 0.25) is 0 Å². The molecular weight excluding hydrogens is 206 g/mol. The van der Waals surface area contributed by atoms with Gasteiger partial charge in [-0.05, 0) is 17.5 Å². The Hall–Kier alpha value is -1.84. The third-order valence-electron chi connectivity index (χ3n) is 2.21. The number of rotatable bonds is 4. The minimum Gasteiger partial charge on any atom is -0.474 e. The van der Waals surface area contributed by atoms with Gasteiger partial charge in [-0.2, -0.15) is 0 Å². The Bertz CT molecular complexity index is 370. The van der Waals surface area contributed by atoms with Gasteiger partial charge < -0.3 is 10.4 Å². The Morgan fingerprint density at radius 3 is 2.25 bits per heavy atom. The maximum atomic E-state index is 10.8. The van der Waals surface area contributed by atoms with Crippen molar-refractivity contribution in [2.75, 3.05) is 0 Å². The Kier molecular flexibility index (Phi) is 4.51. The van der Waals surface area contributed by atoms with Gasteiger partial charge in [0.25, 0.3) is 0 Å². The van der Waals surface area contributed by atoms with Gasteiger partial charge in [-0.15, -0.1) is 0 Å². The lowest BCUT2D eigenvalue weighted by molar-refractivity contribution is -0.150. The highest BCUT2D eigenvalue weighted by molar-refractivity contribution is 6.31. The molecule has 1 aromatic carbocycles. The second-order valence-corrected chi connectivity index (χ2v) is 3.55. The summed E-state index contributed by atoms with van der Waals surface area (Å²) in [5.74, 6) is -2.43.